The molecule has 10 heteroatoms. The Kier molecular flexibility index (Phi) is 5.49. The van der Waals surface area contributed by atoms with Crippen LogP contribution < -0.4 is 0 Å². The van der Waals surface area contributed by atoms with Gasteiger partial charge in [0.25, 0.3) is 10.1 Å². The van der Waals surface area contributed by atoms with Gasteiger partial charge in [0, 0.05) is 0 Å². The van der Waals surface area contributed by atoms with Gasteiger partial charge in [-0.1, -0.05) is 0 Å². The first-order valence-electron chi connectivity index (χ1n) is 2.90. The lowest BCUT2D eigenvalue weighted by Gasteiger charge is -2.08. The molecule has 0 saturated heterocycles. The summed E-state index contributed by atoms with van der Waals surface area (Å²) in [6, 6.07) is 0. The Morgan fingerprint density at radius 3 is 1.14 bits per heavy atom. The predicted molar refractivity (Wildman–Crippen MR) is 34.2 cm³/mol. The first-order chi connectivity index (χ1) is 5.81. The summed E-state index contributed by atoms with van der Waals surface area (Å²) in [6.45, 7) is 1.37. The summed E-state index contributed by atoms with van der Waals surface area (Å²) < 4.78 is 89.5. The van der Waals surface area contributed by atoms with Crippen molar-refractivity contribution in [3.8, 4) is 0 Å². The summed E-state index contributed by atoms with van der Waals surface area (Å²) in [5.41, 5.74) is 0. The highest BCUT2D eigenvalue weighted by atomic mass is 32.2. The molecule has 0 atom stereocenters. The molecule has 0 aliphatic heterocycles. The van der Waals surface area contributed by atoms with Crippen molar-refractivity contribution in [3.63, 3.8) is 0 Å². The lowest BCUT2D eigenvalue weighted by atomic mass is 10.7. The highest BCUT2D eigenvalue weighted by molar-refractivity contribution is 7.85. The number of halogens is 6. The van der Waals surface area contributed by atoms with Crippen LogP contribution in [0.1, 0.15) is 6.92 Å². The average molecular weight is 248 g/mol. The Bertz CT molecular complexity index is 237. The van der Waals surface area contributed by atoms with Crippen molar-refractivity contribution in [2.45, 2.75) is 19.3 Å². The Morgan fingerprint density at radius 2 is 1.14 bits per heavy atom. The van der Waals surface area contributed by atoms with Crippen molar-refractivity contribution in [3.05, 3.63) is 0 Å². The van der Waals surface area contributed by atoms with Crippen LogP contribution in [-0.2, 0) is 10.1 Å². The maximum Gasteiger partial charge on any atom is 0.487 e. The smallest absolute Gasteiger partial charge is 0.286 e. The predicted octanol–water partition coefficient (Wildman–Crippen LogP) is 2.01. The van der Waals surface area contributed by atoms with Gasteiger partial charge in [-0.25, -0.2) is 0 Å². The Morgan fingerprint density at radius 1 is 1.00 bits per heavy atom. The van der Waals surface area contributed by atoms with Gasteiger partial charge in [0.15, 0.2) is 0 Å². The van der Waals surface area contributed by atoms with Crippen molar-refractivity contribution < 1.29 is 39.3 Å². The van der Waals surface area contributed by atoms with Crippen molar-refractivity contribution >= 4 is 10.1 Å². The molecule has 0 spiro atoms. The molecule has 0 aliphatic carbocycles. The van der Waals surface area contributed by atoms with Crippen LogP contribution in [0.15, 0.2) is 0 Å². The summed E-state index contributed by atoms with van der Waals surface area (Å²) in [4.78, 5) is 0. The second-order valence-electron chi connectivity index (χ2n) is 1.87. The van der Waals surface area contributed by atoms with Gasteiger partial charge in [0.1, 0.15) is 0 Å². The summed E-state index contributed by atoms with van der Waals surface area (Å²) in [5, 5.41) is 0. The van der Waals surface area contributed by atoms with Crippen LogP contribution in [0.2, 0.25) is 0 Å². The first kappa shape index (κ1) is 15.9. The topological polar surface area (TPSA) is 54.4 Å². The van der Waals surface area contributed by atoms with Gasteiger partial charge in [0.05, 0.1) is 5.75 Å². The fourth-order valence-corrected chi connectivity index (χ4v) is 0. The standard InChI is InChI=1S/C2F6.C2H6O3S/c3-1(4,5)2(6,7)8;1-2-6(3,4)5/h;2H2,1H3,(H,3,4,5). The highest BCUT2D eigenvalue weighted by Crippen LogP contribution is 2.35. The molecule has 0 rings (SSSR count). The van der Waals surface area contributed by atoms with E-state index in [0.717, 1.165) is 0 Å². The van der Waals surface area contributed by atoms with Crippen molar-refractivity contribution in [1.82, 2.24) is 0 Å². The van der Waals surface area contributed by atoms with E-state index in [0.29, 0.717) is 0 Å². The molecular weight excluding hydrogens is 242 g/mol. The maximum atomic E-state index is 10.4. The molecule has 0 aliphatic rings. The van der Waals surface area contributed by atoms with Crippen LogP contribution in [0.4, 0.5) is 26.3 Å². The van der Waals surface area contributed by atoms with Gasteiger partial charge in [-0.2, -0.15) is 34.8 Å². The van der Waals surface area contributed by atoms with Crippen molar-refractivity contribution in [1.29, 1.82) is 0 Å². The molecule has 0 bridgehead atoms. The summed E-state index contributed by atoms with van der Waals surface area (Å²) in [7, 11) is -3.66. The van der Waals surface area contributed by atoms with Gasteiger partial charge < -0.3 is 0 Å². The van der Waals surface area contributed by atoms with Crippen molar-refractivity contribution in [2.75, 3.05) is 5.75 Å². The van der Waals surface area contributed by atoms with Crippen LogP contribution in [0.25, 0.3) is 0 Å². The highest BCUT2D eigenvalue weighted by Gasteiger charge is 2.58. The van der Waals surface area contributed by atoms with E-state index in [1.165, 1.54) is 6.92 Å². The summed E-state index contributed by atoms with van der Waals surface area (Å²) >= 11 is 0. The molecule has 0 amide bonds. The maximum absolute atomic E-state index is 10.4. The van der Waals surface area contributed by atoms with Crippen LogP contribution in [0.5, 0.6) is 0 Å². The average Bonchev–Trinajstić information content (AvgIpc) is 1.82. The van der Waals surface area contributed by atoms with E-state index in [1.807, 2.05) is 0 Å². The zero-order valence-electron chi connectivity index (χ0n) is 6.65. The van der Waals surface area contributed by atoms with E-state index in [4.69, 9.17) is 4.55 Å². The van der Waals surface area contributed by atoms with Gasteiger partial charge in [-0.05, 0) is 6.92 Å². The van der Waals surface area contributed by atoms with Crippen molar-refractivity contribution in [2.24, 2.45) is 0 Å². The molecule has 0 fully saturated rings. The van der Waals surface area contributed by atoms with Gasteiger partial charge in [-0.3, -0.25) is 4.55 Å². The fourth-order valence-electron chi connectivity index (χ4n) is 0. The van der Waals surface area contributed by atoms with Crippen LogP contribution in [0.3, 0.4) is 0 Å². The number of rotatable bonds is 1. The molecule has 0 saturated carbocycles. The lowest BCUT2D eigenvalue weighted by Crippen LogP contribution is -2.30. The Balaban J connectivity index is 0. The third kappa shape index (κ3) is 9.58. The number of hydrogen-bond donors (Lipinski definition) is 1. The van der Waals surface area contributed by atoms with E-state index in [2.05, 4.69) is 0 Å². The number of hydrogen-bond acceptors (Lipinski definition) is 2. The second-order valence-corrected chi connectivity index (χ2v) is 3.61. The summed E-state index contributed by atoms with van der Waals surface area (Å²) in [6.07, 6.45) is -12.1. The monoisotopic (exact) mass is 248 g/mol. The van der Waals surface area contributed by atoms with Crippen LogP contribution in [0, 0.1) is 0 Å². The van der Waals surface area contributed by atoms with Gasteiger partial charge in [-0.15, -0.1) is 0 Å². The molecule has 1 N–H and O–H groups in total. The van der Waals surface area contributed by atoms with Gasteiger partial charge in [0.2, 0.25) is 0 Å². The fraction of sp³-hybridized carbons (Fsp3) is 1.00. The van der Waals surface area contributed by atoms with Gasteiger partial charge >= 0.3 is 12.4 Å². The SMILES string of the molecule is CCS(=O)(=O)O.FC(F)(F)C(F)(F)F. The Hall–Kier alpha value is -0.510. The van der Waals surface area contributed by atoms with E-state index in [-0.39, 0.29) is 5.75 Å². The Labute approximate surface area is 75.5 Å². The van der Waals surface area contributed by atoms with E-state index in [1.54, 1.807) is 0 Å². The third-order valence-corrected chi connectivity index (χ3v) is 1.42. The summed E-state index contributed by atoms with van der Waals surface area (Å²) in [5.74, 6) is -0.201. The molecule has 0 radical (unpaired) electrons. The minimum absolute atomic E-state index is 0.201. The molecule has 0 aromatic heterocycles. The normalized spacial score (nSPS) is 13.1. The van der Waals surface area contributed by atoms with E-state index < -0.39 is 22.5 Å². The lowest BCUT2D eigenvalue weighted by molar-refractivity contribution is -0.339. The first-order valence-corrected chi connectivity index (χ1v) is 4.50. The third-order valence-electron chi connectivity index (χ3n) is 0.686. The minimum atomic E-state index is -6.06. The largest absolute Gasteiger partial charge is 0.487 e. The second kappa shape index (κ2) is 4.82. The molecule has 0 heterocycles. The van der Waals surface area contributed by atoms with Crippen LogP contribution in [-0.4, -0.2) is 31.1 Å². The van der Waals surface area contributed by atoms with E-state index in [9.17, 15) is 34.8 Å². The quantitative estimate of drug-likeness (QED) is 0.570. The minimum Gasteiger partial charge on any atom is -0.286 e. The molecule has 14 heavy (non-hydrogen) atoms. The molecule has 3 nitrogen and oxygen atoms in total. The van der Waals surface area contributed by atoms with Crippen LogP contribution >= 0.6 is 0 Å². The van der Waals surface area contributed by atoms with E-state index >= 15 is 0 Å². The molecular formula is C4H6F6O3S. The molecule has 0 aromatic carbocycles. The number of alkyl halides is 6. The zero-order valence-corrected chi connectivity index (χ0v) is 7.46. The molecule has 0 unspecified atom stereocenters. The molecule has 0 aromatic rings. The molecule has 88 valence electrons. The zero-order chi connectivity index (χ0) is 12.2.